The summed E-state index contributed by atoms with van der Waals surface area (Å²) in [5, 5.41) is 18.9. The van der Waals surface area contributed by atoms with Crippen molar-refractivity contribution < 1.29 is 29.0 Å². The Kier molecular flexibility index (Phi) is 22.4. The number of carbonyl (C=O) groups is 1. The van der Waals surface area contributed by atoms with Crippen molar-refractivity contribution in [1.82, 2.24) is 0 Å². The van der Waals surface area contributed by atoms with E-state index in [9.17, 15) is 14.5 Å². The third kappa shape index (κ3) is 17.9. The number of rotatable bonds is 25. The van der Waals surface area contributed by atoms with Crippen LogP contribution in [-0.4, -0.2) is 52.0 Å². The second kappa shape index (κ2) is 22.4. The SMILES string of the molecule is CCCCCCCCCCCCSC(CCCCC)C(C)OCCCOC(O)([PH2]=O)C(=O)O. The zero-order valence-corrected chi connectivity index (χ0v) is 23.4. The first kappa shape index (κ1) is 32.9. The maximum absolute atomic E-state index is 10.9. The van der Waals surface area contributed by atoms with Gasteiger partial charge in [0.15, 0.2) is 0 Å². The molecular formula is C25H51O6PS. The van der Waals surface area contributed by atoms with E-state index in [0.717, 1.165) is 6.42 Å². The van der Waals surface area contributed by atoms with Crippen molar-refractivity contribution in [3.8, 4) is 0 Å². The number of thioether (sulfide) groups is 1. The van der Waals surface area contributed by atoms with E-state index in [2.05, 4.69) is 20.8 Å². The molecule has 0 aliphatic heterocycles. The van der Waals surface area contributed by atoms with Crippen LogP contribution in [0.4, 0.5) is 0 Å². The summed E-state index contributed by atoms with van der Waals surface area (Å²) in [6.45, 7) is 7.01. The summed E-state index contributed by atoms with van der Waals surface area (Å²) < 4.78 is 21.8. The van der Waals surface area contributed by atoms with E-state index in [0.29, 0.717) is 18.3 Å². The maximum atomic E-state index is 10.9. The molecule has 0 saturated carbocycles. The van der Waals surface area contributed by atoms with Crippen LogP contribution in [0.2, 0.25) is 0 Å². The summed E-state index contributed by atoms with van der Waals surface area (Å²) in [4.78, 5) is 10.9. The summed E-state index contributed by atoms with van der Waals surface area (Å²) in [6, 6.07) is 0. The van der Waals surface area contributed by atoms with Gasteiger partial charge in [0, 0.05) is 11.9 Å². The van der Waals surface area contributed by atoms with Gasteiger partial charge in [0.1, 0.15) is 8.46 Å². The standard InChI is InChI=1S/C25H51O6PS/c1-4-6-8-9-10-11-12-13-14-16-21-33-23(18-15-7-5-2)22(3)30-19-17-20-31-25(28,32-29)24(26)27/h22-23,28H,4-21,32H2,1-3H3,(H,26,27). The highest BCUT2D eigenvalue weighted by atomic mass is 32.2. The normalized spacial score (nSPS) is 15.6. The average molecular weight is 511 g/mol. The fourth-order valence-corrected chi connectivity index (χ4v) is 5.33. The second-order valence-corrected chi connectivity index (χ2v) is 11.3. The molecule has 198 valence electrons. The fraction of sp³-hybridized carbons (Fsp3) is 0.960. The van der Waals surface area contributed by atoms with Crippen LogP contribution in [-0.2, 0) is 18.8 Å². The van der Waals surface area contributed by atoms with Gasteiger partial charge in [-0.15, -0.1) is 0 Å². The molecule has 0 bridgehead atoms. The van der Waals surface area contributed by atoms with E-state index in [-0.39, 0.29) is 12.7 Å². The molecule has 0 saturated heterocycles. The summed E-state index contributed by atoms with van der Waals surface area (Å²) in [6.07, 6.45) is 18.9. The zero-order valence-electron chi connectivity index (χ0n) is 21.4. The summed E-state index contributed by atoms with van der Waals surface area (Å²) >= 11 is 2.02. The van der Waals surface area contributed by atoms with Crippen molar-refractivity contribution in [1.29, 1.82) is 0 Å². The van der Waals surface area contributed by atoms with Gasteiger partial charge in [-0.3, -0.25) is 0 Å². The summed E-state index contributed by atoms with van der Waals surface area (Å²) in [5.41, 5.74) is -2.56. The highest BCUT2D eigenvalue weighted by Gasteiger charge is 2.36. The molecule has 4 unspecified atom stereocenters. The molecule has 0 aliphatic carbocycles. The first-order chi connectivity index (χ1) is 15.9. The van der Waals surface area contributed by atoms with Crippen LogP contribution in [0.15, 0.2) is 0 Å². The van der Waals surface area contributed by atoms with Crippen molar-refractivity contribution in [2.45, 2.75) is 134 Å². The van der Waals surface area contributed by atoms with Gasteiger partial charge in [-0.2, -0.15) is 11.8 Å². The molecule has 0 aromatic carbocycles. The van der Waals surface area contributed by atoms with Crippen molar-refractivity contribution in [3.05, 3.63) is 0 Å². The van der Waals surface area contributed by atoms with Crippen molar-refractivity contribution >= 4 is 26.2 Å². The van der Waals surface area contributed by atoms with Gasteiger partial charge in [-0.05, 0) is 31.9 Å². The van der Waals surface area contributed by atoms with Crippen LogP contribution in [0.25, 0.3) is 0 Å². The fourth-order valence-electron chi connectivity index (χ4n) is 3.68. The highest BCUT2D eigenvalue weighted by Crippen LogP contribution is 2.25. The molecule has 0 fully saturated rings. The molecule has 0 aromatic rings. The Labute approximate surface area is 208 Å². The number of hydrogen-bond acceptors (Lipinski definition) is 6. The maximum Gasteiger partial charge on any atom is 0.371 e. The first-order valence-corrected chi connectivity index (χ1v) is 15.3. The van der Waals surface area contributed by atoms with Gasteiger partial charge in [-0.25, -0.2) is 4.79 Å². The van der Waals surface area contributed by atoms with Crippen LogP contribution in [0.1, 0.15) is 117 Å². The van der Waals surface area contributed by atoms with Gasteiger partial charge in [0.2, 0.25) is 0 Å². The van der Waals surface area contributed by atoms with E-state index in [1.54, 1.807) is 0 Å². The van der Waals surface area contributed by atoms with Crippen LogP contribution in [0.3, 0.4) is 0 Å². The Morgan fingerprint density at radius 3 is 1.97 bits per heavy atom. The minimum atomic E-state index is -2.56. The van der Waals surface area contributed by atoms with Gasteiger partial charge in [0.25, 0.3) is 0 Å². The largest absolute Gasteiger partial charge is 0.477 e. The third-order valence-corrected chi connectivity index (χ3v) is 8.21. The van der Waals surface area contributed by atoms with E-state index in [1.807, 2.05) is 11.8 Å². The first-order valence-electron chi connectivity index (χ1n) is 13.2. The molecule has 4 atom stereocenters. The number of unbranched alkanes of at least 4 members (excludes halogenated alkanes) is 11. The molecule has 0 spiro atoms. The smallest absolute Gasteiger partial charge is 0.371 e. The van der Waals surface area contributed by atoms with Gasteiger partial charge in [-0.1, -0.05) is 90.9 Å². The summed E-state index contributed by atoms with van der Waals surface area (Å²) in [5.74, 6) is -0.441. The number of aliphatic hydroxyl groups is 1. The minimum Gasteiger partial charge on any atom is -0.477 e. The van der Waals surface area contributed by atoms with Gasteiger partial charge in [0.05, 0.1) is 12.7 Å². The molecule has 0 amide bonds. The third-order valence-electron chi connectivity index (χ3n) is 5.90. The van der Waals surface area contributed by atoms with E-state index < -0.39 is 20.0 Å². The highest BCUT2D eigenvalue weighted by molar-refractivity contribution is 7.99. The zero-order chi connectivity index (χ0) is 24.8. The monoisotopic (exact) mass is 510 g/mol. The molecule has 6 nitrogen and oxygen atoms in total. The molecule has 33 heavy (non-hydrogen) atoms. The molecule has 0 aliphatic rings. The lowest BCUT2D eigenvalue weighted by molar-refractivity contribution is -0.190. The van der Waals surface area contributed by atoms with Crippen molar-refractivity contribution in [3.63, 3.8) is 0 Å². The molecule has 0 rings (SSSR count). The minimum absolute atomic E-state index is 0.00297. The Balaban J connectivity index is 4.05. The van der Waals surface area contributed by atoms with Crippen molar-refractivity contribution in [2.24, 2.45) is 0 Å². The Morgan fingerprint density at radius 1 is 0.879 bits per heavy atom. The van der Waals surface area contributed by atoms with Crippen LogP contribution >= 0.6 is 20.2 Å². The van der Waals surface area contributed by atoms with E-state index in [1.165, 1.54) is 89.2 Å². The predicted octanol–water partition coefficient (Wildman–Crippen LogP) is 6.89. The lowest BCUT2D eigenvalue weighted by atomic mass is 10.1. The van der Waals surface area contributed by atoms with Crippen LogP contribution in [0, 0.1) is 0 Å². The number of ether oxygens (including phenoxy) is 2. The predicted molar refractivity (Wildman–Crippen MR) is 141 cm³/mol. The topological polar surface area (TPSA) is 93.1 Å². The second-order valence-electron chi connectivity index (χ2n) is 8.98. The number of carboxylic acid groups (broad SMARTS) is 1. The molecule has 2 N–H and O–H groups in total. The summed E-state index contributed by atoms with van der Waals surface area (Å²) in [7, 11) is -1.98. The number of hydrogen-bond donors (Lipinski definition) is 2. The number of carboxylic acids is 1. The molecular weight excluding hydrogens is 459 g/mol. The Hall–Kier alpha value is -0.0700. The van der Waals surface area contributed by atoms with E-state index in [4.69, 9.17) is 14.6 Å². The Bertz CT molecular complexity index is 482. The van der Waals surface area contributed by atoms with Crippen molar-refractivity contribution in [2.75, 3.05) is 19.0 Å². The molecule has 0 aromatic heterocycles. The Morgan fingerprint density at radius 2 is 1.42 bits per heavy atom. The molecule has 8 heteroatoms. The van der Waals surface area contributed by atoms with Crippen LogP contribution < -0.4 is 0 Å². The quantitative estimate of drug-likeness (QED) is 0.0785. The average Bonchev–Trinajstić information content (AvgIpc) is 2.80. The van der Waals surface area contributed by atoms with E-state index >= 15 is 0 Å². The van der Waals surface area contributed by atoms with Gasteiger partial charge >= 0.3 is 11.5 Å². The van der Waals surface area contributed by atoms with Crippen LogP contribution in [0.5, 0.6) is 0 Å². The number of aliphatic carboxylic acids is 1. The molecule has 0 radical (unpaired) electrons. The lowest BCUT2D eigenvalue weighted by Crippen LogP contribution is -2.36. The lowest BCUT2D eigenvalue weighted by Gasteiger charge is -2.24. The molecule has 0 heterocycles. The van der Waals surface area contributed by atoms with Gasteiger partial charge < -0.3 is 24.3 Å².